The number of hydrogen-bond acceptors (Lipinski definition) is 4. The summed E-state index contributed by atoms with van der Waals surface area (Å²) >= 11 is 0. The van der Waals surface area contributed by atoms with Crippen LogP contribution in [0, 0.1) is 5.92 Å². The van der Waals surface area contributed by atoms with Gasteiger partial charge in [-0.3, -0.25) is 0 Å². The summed E-state index contributed by atoms with van der Waals surface area (Å²) in [5.41, 5.74) is 5.87. The van der Waals surface area contributed by atoms with Crippen LogP contribution in [0.4, 0.5) is 0 Å². The number of ether oxygens (including phenoxy) is 1. The van der Waals surface area contributed by atoms with Crippen molar-refractivity contribution in [3.8, 4) is 0 Å². The molecule has 0 aromatic carbocycles. The smallest absolute Gasteiger partial charge is 0.150 e. The fourth-order valence-corrected chi connectivity index (χ4v) is 3.75. The molecule has 0 bridgehead atoms. The molecule has 0 saturated carbocycles. The second-order valence-corrected chi connectivity index (χ2v) is 6.88. The first-order chi connectivity index (χ1) is 6.89. The monoisotopic (exact) mass is 235 g/mol. The van der Waals surface area contributed by atoms with Crippen LogP contribution in [0.3, 0.4) is 0 Å². The highest BCUT2D eigenvalue weighted by Gasteiger charge is 2.28. The molecule has 2 unspecified atom stereocenters. The maximum atomic E-state index is 11.2. The van der Waals surface area contributed by atoms with Gasteiger partial charge in [0.05, 0.1) is 24.2 Å². The van der Waals surface area contributed by atoms with Crippen molar-refractivity contribution in [1.29, 1.82) is 0 Å². The summed E-state index contributed by atoms with van der Waals surface area (Å²) in [6, 6.07) is -0.0364. The maximum Gasteiger partial charge on any atom is 0.150 e. The molecular weight excluding hydrogens is 214 g/mol. The molecule has 90 valence electrons. The Bertz CT molecular complexity index is 287. The minimum Gasteiger partial charge on any atom is -0.377 e. The number of sulfone groups is 1. The van der Waals surface area contributed by atoms with Crippen LogP contribution >= 0.6 is 0 Å². The predicted molar refractivity (Wildman–Crippen MR) is 60.4 cm³/mol. The minimum absolute atomic E-state index is 0.0364. The van der Waals surface area contributed by atoms with Crippen molar-refractivity contribution in [2.24, 2.45) is 11.7 Å². The van der Waals surface area contributed by atoms with Crippen LogP contribution in [0.1, 0.15) is 26.7 Å². The first kappa shape index (κ1) is 12.9. The lowest BCUT2D eigenvalue weighted by atomic mass is 10.0. The van der Waals surface area contributed by atoms with Crippen molar-refractivity contribution in [3.05, 3.63) is 0 Å². The van der Waals surface area contributed by atoms with Crippen LogP contribution in [0.25, 0.3) is 0 Å². The Morgan fingerprint density at radius 2 is 2.13 bits per heavy atom. The molecule has 0 aromatic heterocycles. The zero-order valence-electron chi connectivity index (χ0n) is 9.48. The summed E-state index contributed by atoms with van der Waals surface area (Å²) in [7, 11) is -2.77. The van der Waals surface area contributed by atoms with E-state index in [1.165, 1.54) is 0 Å². The number of rotatable bonds is 5. The molecule has 0 spiro atoms. The molecule has 1 rings (SSSR count). The lowest BCUT2D eigenvalue weighted by Crippen LogP contribution is -2.30. The SMILES string of the molecule is CC(C)OCC(N)CC1CCS(=O)(=O)C1. The van der Waals surface area contributed by atoms with Crippen LogP contribution in [0.5, 0.6) is 0 Å². The van der Waals surface area contributed by atoms with E-state index < -0.39 is 9.84 Å². The summed E-state index contributed by atoms with van der Waals surface area (Å²) in [6.45, 7) is 4.45. The van der Waals surface area contributed by atoms with Gasteiger partial charge in [-0.05, 0) is 32.6 Å². The molecular formula is C10H21NO3S. The Morgan fingerprint density at radius 3 is 2.60 bits per heavy atom. The quantitative estimate of drug-likeness (QED) is 0.756. The zero-order chi connectivity index (χ0) is 11.5. The Labute approximate surface area is 92.1 Å². The van der Waals surface area contributed by atoms with E-state index in [0.29, 0.717) is 18.1 Å². The molecule has 15 heavy (non-hydrogen) atoms. The van der Waals surface area contributed by atoms with Crippen molar-refractivity contribution < 1.29 is 13.2 Å². The summed E-state index contributed by atoms with van der Waals surface area (Å²) in [5, 5.41) is 0. The Kier molecular flexibility index (Phi) is 4.55. The van der Waals surface area contributed by atoms with Crippen LogP contribution in [0.2, 0.25) is 0 Å². The zero-order valence-corrected chi connectivity index (χ0v) is 10.3. The van der Waals surface area contributed by atoms with Gasteiger partial charge in [0.1, 0.15) is 0 Å². The first-order valence-electron chi connectivity index (χ1n) is 5.46. The highest BCUT2D eigenvalue weighted by atomic mass is 32.2. The average Bonchev–Trinajstić information content (AvgIpc) is 2.42. The van der Waals surface area contributed by atoms with Gasteiger partial charge in [-0.15, -0.1) is 0 Å². The lowest BCUT2D eigenvalue weighted by molar-refractivity contribution is 0.0645. The van der Waals surface area contributed by atoms with E-state index in [1.807, 2.05) is 13.8 Å². The second-order valence-electron chi connectivity index (χ2n) is 4.65. The normalized spacial score (nSPS) is 27.1. The summed E-state index contributed by atoms with van der Waals surface area (Å²) in [4.78, 5) is 0. The van der Waals surface area contributed by atoms with Crippen molar-refractivity contribution in [3.63, 3.8) is 0 Å². The molecule has 5 heteroatoms. The molecule has 0 amide bonds. The Balaban J connectivity index is 2.24. The van der Waals surface area contributed by atoms with Gasteiger partial charge in [0, 0.05) is 6.04 Å². The van der Waals surface area contributed by atoms with Crippen molar-refractivity contribution >= 4 is 9.84 Å². The van der Waals surface area contributed by atoms with Crippen molar-refractivity contribution in [2.75, 3.05) is 18.1 Å². The highest BCUT2D eigenvalue weighted by Crippen LogP contribution is 2.22. The van der Waals surface area contributed by atoms with E-state index in [-0.39, 0.29) is 18.1 Å². The molecule has 2 atom stereocenters. The highest BCUT2D eigenvalue weighted by molar-refractivity contribution is 7.91. The topological polar surface area (TPSA) is 69.4 Å². The first-order valence-corrected chi connectivity index (χ1v) is 7.29. The Hall–Kier alpha value is -0.130. The van der Waals surface area contributed by atoms with Gasteiger partial charge in [-0.1, -0.05) is 0 Å². The number of nitrogens with two attached hydrogens (primary N) is 1. The second kappa shape index (κ2) is 5.27. The van der Waals surface area contributed by atoms with E-state index in [4.69, 9.17) is 10.5 Å². The summed E-state index contributed by atoms with van der Waals surface area (Å²) < 4.78 is 27.8. The van der Waals surface area contributed by atoms with Gasteiger partial charge in [-0.2, -0.15) is 0 Å². The van der Waals surface area contributed by atoms with E-state index in [2.05, 4.69) is 0 Å². The van der Waals surface area contributed by atoms with Crippen LogP contribution in [0.15, 0.2) is 0 Å². The van der Waals surface area contributed by atoms with Crippen molar-refractivity contribution in [1.82, 2.24) is 0 Å². The summed E-state index contributed by atoms with van der Waals surface area (Å²) in [6.07, 6.45) is 1.70. The average molecular weight is 235 g/mol. The molecule has 1 aliphatic heterocycles. The molecule has 4 nitrogen and oxygen atoms in total. The molecule has 1 fully saturated rings. The largest absolute Gasteiger partial charge is 0.377 e. The molecule has 2 N–H and O–H groups in total. The van der Waals surface area contributed by atoms with Gasteiger partial charge in [0.25, 0.3) is 0 Å². The third-order valence-corrected chi connectivity index (χ3v) is 4.44. The van der Waals surface area contributed by atoms with E-state index in [0.717, 1.165) is 12.8 Å². The maximum absolute atomic E-state index is 11.2. The molecule has 1 saturated heterocycles. The third kappa shape index (κ3) is 4.95. The minimum atomic E-state index is -2.77. The molecule has 0 radical (unpaired) electrons. The van der Waals surface area contributed by atoms with Gasteiger partial charge in [0.15, 0.2) is 9.84 Å². The Morgan fingerprint density at radius 1 is 1.47 bits per heavy atom. The van der Waals surface area contributed by atoms with Gasteiger partial charge >= 0.3 is 0 Å². The predicted octanol–water partition coefficient (Wildman–Crippen LogP) is 0.563. The molecule has 0 aliphatic carbocycles. The molecule has 0 aromatic rings. The van der Waals surface area contributed by atoms with Crippen LogP contribution in [-0.4, -0.2) is 38.7 Å². The van der Waals surface area contributed by atoms with Gasteiger partial charge < -0.3 is 10.5 Å². The number of hydrogen-bond donors (Lipinski definition) is 1. The third-order valence-electron chi connectivity index (χ3n) is 2.61. The van der Waals surface area contributed by atoms with E-state index in [9.17, 15) is 8.42 Å². The summed E-state index contributed by atoms with van der Waals surface area (Å²) in [5.74, 6) is 0.874. The molecule has 1 aliphatic rings. The van der Waals surface area contributed by atoms with Gasteiger partial charge in [0.2, 0.25) is 0 Å². The standard InChI is InChI=1S/C10H21NO3S/c1-8(2)14-6-10(11)5-9-3-4-15(12,13)7-9/h8-10H,3-7,11H2,1-2H3. The molecule has 1 heterocycles. The van der Waals surface area contributed by atoms with Crippen LogP contribution in [-0.2, 0) is 14.6 Å². The van der Waals surface area contributed by atoms with Crippen molar-refractivity contribution in [2.45, 2.75) is 38.8 Å². The fraction of sp³-hybridized carbons (Fsp3) is 1.00. The lowest BCUT2D eigenvalue weighted by Gasteiger charge is -2.17. The van der Waals surface area contributed by atoms with Crippen LogP contribution < -0.4 is 5.73 Å². The fourth-order valence-electron chi connectivity index (χ4n) is 1.87. The van der Waals surface area contributed by atoms with E-state index >= 15 is 0 Å². The van der Waals surface area contributed by atoms with Gasteiger partial charge in [-0.25, -0.2) is 8.42 Å². The van der Waals surface area contributed by atoms with E-state index in [1.54, 1.807) is 0 Å².